The summed E-state index contributed by atoms with van der Waals surface area (Å²) in [6.45, 7) is 6.21. The molecule has 1 aromatic rings. The van der Waals surface area contributed by atoms with Crippen LogP contribution in [-0.2, 0) is 11.3 Å². The Morgan fingerprint density at radius 1 is 1.58 bits per heavy atom. The molecule has 1 fully saturated rings. The first-order chi connectivity index (χ1) is 9.13. The SMILES string of the molecule is CCn1nc(C)c(N)c1C(=O)NCCOCC1CC1. The maximum atomic E-state index is 12.1. The molecule has 2 rings (SSSR count). The van der Waals surface area contributed by atoms with Crippen molar-refractivity contribution in [2.24, 2.45) is 5.92 Å². The minimum Gasteiger partial charge on any atom is -0.395 e. The van der Waals surface area contributed by atoms with Crippen molar-refractivity contribution in [1.82, 2.24) is 15.1 Å². The number of anilines is 1. The predicted molar refractivity (Wildman–Crippen MR) is 72.9 cm³/mol. The van der Waals surface area contributed by atoms with Gasteiger partial charge in [0.2, 0.25) is 0 Å². The first kappa shape index (κ1) is 13.9. The van der Waals surface area contributed by atoms with Crippen LogP contribution in [0.15, 0.2) is 0 Å². The number of nitrogen functional groups attached to an aromatic ring is 1. The van der Waals surface area contributed by atoms with E-state index in [1.807, 2.05) is 6.92 Å². The second-order valence-electron chi connectivity index (χ2n) is 4.94. The highest BCUT2D eigenvalue weighted by atomic mass is 16.5. The number of nitrogens with two attached hydrogens (primary N) is 1. The van der Waals surface area contributed by atoms with Gasteiger partial charge in [-0.3, -0.25) is 9.48 Å². The number of ether oxygens (including phenoxy) is 1. The number of hydrogen-bond acceptors (Lipinski definition) is 4. The van der Waals surface area contributed by atoms with Crippen LogP contribution in [0.4, 0.5) is 5.69 Å². The molecule has 0 radical (unpaired) electrons. The largest absolute Gasteiger partial charge is 0.395 e. The summed E-state index contributed by atoms with van der Waals surface area (Å²) in [7, 11) is 0. The van der Waals surface area contributed by atoms with Gasteiger partial charge in [0.25, 0.3) is 5.91 Å². The second-order valence-corrected chi connectivity index (χ2v) is 4.94. The summed E-state index contributed by atoms with van der Waals surface area (Å²) >= 11 is 0. The van der Waals surface area contributed by atoms with Crippen molar-refractivity contribution in [2.75, 3.05) is 25.5 Å². The molecule has 1 saturated carbocycles. The fraction of sp³-hybridized carbons (Fsp3) is 0.692. The van der Waals surface area contributed by atoms with E-state index >= 15 is 0 Å². The Morgan fingerprint density at radius 2 is 2.32 bits per heavy atom. The van der Waals surface area contributed by atoms with Gasteiger partial charge in [-0.25, -0.2) is 0 Å². The zero-order valence-electron chi connectivity index (χ0n) is 11.6. The number of carbonyl (C=O) groups is 1. The third-order valence-electron chi connectivity index (χ3n) is 3.27. The highest BCUT2D eigenvalue weighted by Gasteiger charge is 2.21. The molecular weight excluding hydrogens is 244 g/mol. The Hall–Kier alpha value is -1.56. The number of carbonyl (C=O) groups excluding carboxylic acids is 1. The lowest BCUT2D eigenvalue weighted by Gasteiger charge is -2.08. The Morgan fingerprint density at radius 3 is 2.95 bits per heavy atom. The van der Waals surface area contributed by atoms with Crippen molar-refractivity contribution in [3.05, 3.63) is 11.4 Å². The Bertz CT molecular complexity index is 452. The van der Waals surface area contributed by atoms with E-state index in [9.17, 15) is 4.79 Å². The molecular formula is C13H22N4O2. The average Bonchev–Trinajstić information content (AvgIpc) is 3.16. The van der Waals surface area contributed by atoms with Crippen LogP contribution in [0.3, 0.4) is 0 Å². The standard InChI is InChI=1S/C13H22N4O2/c1-3-17-12(11(14)9(2)16-17)13(18)15-6-7-19-8-10-4-5-10/h10H,3-8,14H2,1-2H3,(H,15,18). The van der Waals surface area contributed by atoms with Gasteiger partial charge < -0.3 is 15.8 Å². The maximum absolute atomic E-state index is 12.1. The monoisotopic (exact) mass is 266 g/mol. The number of amides is 1. The van der Waals surface area contributed by atoms with Crippen molar-refractivity contribution < 1.29 is 9.53 Å². The fourth-order valence-electron chi connectivity index (χ4n) is 1.92. The molecule has 1 aliphatic carbocycles. The third kappa shape index (κ3) is 3.47. The van der Waals surface area contributed by atoms with Crippen LogP contribution in [0, 0.1) is 12.8 Å². The van der Waals surface area contributed by atoms with E-state index < -0.39 is 0 Å². The van der Waals surface area contributed by atoms with Crippen LogP contribution < -0.4 is 11.1 Å². The summed E-state index contributed by atoms with van der Waals surface area (Å²) in [6.07, 6.45) is 2.55. The van der Waals surface area contributed by atoms with E-state index in [4.69, 9.17) is 10.5 Å². The highest BCUT2D eigenvalue weighted by molar-refractivity contribution is 5.97. The molecule has 1 heterocycles. The number of aryl methyl sites for hydroxylation is 2. The number of nitrogens with one attached hydrogen (secondary N) is 1. The molecule has 0 saturated heterocycles. The van der Waals surface area contributed by atoms with Crippen LogP contribution in [-0.4, -0.2) is 35.4 Å². The molecule has 1 aromatic heterocycles. The minimum atomic E-state index is -0.185. The van der Waals surface area contributed by atoms with Crippen molar-refractivity contribution in [1.29, 1.82) is 0 Å². The summed E-state index contributed by atoms with van der Waals surface area (Å²) in [5.74, 6) is 0.561. The van der Waals surface area contributed by atoms with Crippen molar-refractivity contribution >= 4 is 11.6 Å². The summed E-state index contributed by atoms with van der Waals surface area (Å²) in [6, 6.07) is 0. The van der Waals surface area contributed by atoms with E-state index in [0.29, 0.717) is 36.8 Å². The van der Waals surface area contributed by atoms with Crippen molar-refractivity contribution in [3.8, 4) is 0 Å². The van der Waals surface area contributed by atoms with E-state index in [-0.39, 0.29) is 5.91 Å². The van der Waals surface area contributed by atoms with Crippen LogP contribution in [0.1, 0.15) is 35.9 Å². The predicted octanol–water partition coefficient (Wildman–Crippen LogP) is 0.950. The van der Waals surface area contributed by atoms with Crippen LogP contribution >= 0.6 is 0 Å². The molecule has 0 aliphatic heterocycles. The second kappa shape index (κ2) is 6.06. The van der Waals surface area contributed by atoms with Gasteiger partial charge in [0.05, 0.1) is 18.0 Å². The molecule has 1 aliphatic rings. The lowest BCUT2D eigenvalue weighted by molar-refractivity contribution is 0.0897. The first-order valence-corrected chi connectivity index (χ1v) is 6.82. The molecule has 0 bridgehead atoms. The zero-order chi connectivity index (χ0) is 13.8. The summed E-state index contributed by atoms with van der Waals surface area (Å²) in [4.78, 5) is 12.1. The Balaban J connectivity index is 1.81. The molecule has 106 valence electrons. The molecule has 0 spiro atoms. The van der Waals surface area contributed by atoms with Gasteiger partial charge in [0.1, 0.15) is 5.69 Å². The van der Waals surface area contributed by atoms with Gasteiger partial charge in [-0.1, -0.05) is 0 Å². The first-order valence-electron chi connectivity index (χ1n) is 6.82. The van der Waals surface area contributed by atoms with Gasteiger partial charge in [-0.05, 0) is 32.6 Å². The molecule has 3 N–H and O–H groups in total. The van der Waals surface area contributed by atoms with Crippen LogP contribution in [0.25, 0.3) is 0 Å². The number of rotatable bonds is 7. The zero-order valence-corrected chi connectivity index (χ0v) is 11.6. The van der Waals surface area contributed by atoms with Gasteiger partial charge in [-0.15, -0.1) is 0 Å². The molecule has 19 heavy (non-hydrogen) atoms. The summed E-state index contributed by atoms with van der Waals surface area (Å²) in [5.41, 5.74) is 7.48. The van der Waals surface area contributed by atoms with E-state index in [1.54, 1.807) is 11.6 Å². The molecule has 0 unspecified atom stereocenters. The topological polar surface area (TPSA) is 82.2 Å². The summed E-state index contributed by atoms with van der Waals surface area (Å²) in [5, 5.41) is 7.04. The Kier molecular flexibility index (Phi) is 4.42. The van der Waals surface area contributed by atoms with Gasteiger partial charge >= 0.3 is 0 Å². The smallest absolute Gasteiger partial charge is 0.271 e. The number of aromatic nitrogens is 2. The normalized spacial score (nSPS) is 14.6. The number of hydrogen-bond donors (Lipinski definition) is 2. The molecule has 1 amide bonds. The quantitative estimate of drug-likeness (QED) is 0.720. The number of nitrogens with zero attached hydrogens (tertiary/aromatic N) is 2. The minimum absolute atomic E-state index is 0.185. The van der Waals surface area contributed by atoms with E-state index in [2.05, 4.69) is 10.4 Å². The van der Waals surface area contributed by atoms with Gasteiger partial charge in [-0.2, -0.15) is 5.10 Å². The lowest BCUT2D eigenvalue weighted by Crippen LogP contribution is -2.30. The van der Waals surface area contributed by atoms with Crippen molar-refractivity contribution in [3.63, 3.8) is 0 Å². The third-order valence-corrected chi connectivity index (χ3v) is 3.27. The molecule has 0 atom stereocenters. The van der Waals surface area contributed by atoms with Gasteiger partial charge in [0, 0.05) is 19.7 Å². The Labute approximate surface area is 113 Å². The fourth-order valence-corrected chi connectivity index (χ4v) is 1.92. The maximum Gasteiger partial charge on any atom is 0.271 e. The van der Waals surface area contributed by atoms with Crippen LogP contribution in [0.5, 0.6) is 0 Å². The molecule has 6 heteroatoms. The van der Waals surface area contributed by atoms with E-state index in [1.165, 1.54) is 12.8 Å². The highest BCUT2D eigenvalue weighted by Crippen LogP contribution is 2.28. The lowest BCUT2D eigenvalue weighted by atomic mass is 10.3. The van der Waals surface area contributed by atoms with E-state index in [0.717, 1.165) is 12.5 Å². The molecule has 0 aromatic carbocycles. The average molecular weight is 266 g/mol. The summed E-state index contributed by atoms with van der Waals surface area (Å²) < 4.78 is 7.10. The van der Waals surface area contributed by atoms with Gasteiger partial charge in [0.15, 0.2) is 0 Å². The van der Waals surface area contributed by atoms with Crippen molar-refractivity contribution in [2.45, 2.75) is 33.2 Å². The van der Waals surface area contributed by atoms with Crippen LogP contribution in [0.2, 0.25) is 0 Å². The molecule has 6 nitrogen and oxygen atoms in total.